The lowest BCUT2D eigenvalue weighted by atomic mass is 9.92. The Morgan fingerprint density at radius 1 is 1.22 bits per heavy atom. The van der Waals surface area contributed by atoms with Crippen molar-refractivity contribution in [3.63, 3.8) is 0 Å². The Kier molecular flexibility index (Phi) is 7.60. The van der Waals surface area contributed by atoms with Gasteiger partial charge < -0.3 is 5.32 Å². The van der Waals surface area contributed by atoms with Crippen molar-refractivity contribution in [1.82, 2.24) is 9.62 Å². The highest BCUT2D eigenvalue weighted by Gasteiger charge is 2.51. The Labute approximate surface area is 190 Å². The number of hydrogen-bond acceptors (Lipinski definition) is 4. The molecule has 1 saturated carbocycles. The predicted molar refractivity (Wildman–Crippen MR) is 122 cm³/mol. The molecule has 1 saturated heterocycles. The van der Waals surface area contributed by atoms with Crippen molar-refractivity contribution in [2.45, 2.75) is 77.3 Å². The van der Waals surface area contributed by atoms with Gasteiger partial charge in [-0.05, 0) is 56.9 Å². The first kappa shape index (κ1) is 24.6. The average Bonchev–Trinajstić information content (AvgIpc) is 2.97. The maximum Gasteiger partial charge on any atom is 0.247 e. The average molecular weight is 468 g/mol. The molecule has 0 bridgehead atoms. The smallest absolute Gasteiger partial charge is 0.247 e. The normalized spacial score (nSPS) is 23.8. The number of amides is 2. The van der Waals surface area contributed by atoms with E-state index in [4.69, 9.17) is 0 Å². The number of halogens is 1. The van der Waals surface area contributed by atoms with Crippen LogP contribution in [0.3, 0.4) is 0 Å². The number of nitrogens with zero attached hydrogens (tertiary/aromatic N) is 2. The Hall–Kier alpha value is -2.00. The lowest BCUT2D eigenvalue weighted by Gasteiger charge is -2.47. The largest absolute Gasteiger partial charge is 0.351 e. The maximum atomic E-state index is 13.7. The monoisotopic (exact) mass is 467 g/mol. The lowest BCUT2D eigenvalue weighted by molar-refractivity contribution is -0.133. The second-order valence-electron chi connectivity index (χ2n) is 9.18. The van der Waals surface area contributed by atoms with Gasteiger partial charge in [0.2, 0.25) is 21.8 Å². The van der Waals surface area contributed by atoms with Crippen LogP contribution in [-0.4, -0.2) is 55.0 Å². The van der Waals surface area contributed by atoms with E-state index in [1.165, 1.54) is 23.1 Å². The molecule has 0 radical (unpaired) electrons. The van der Waals surface area contributed by atoms with Crippen LogP contribution in [0.2, 0.25) is 0 Å². The number of aryl methyl sites for hydroxylation is 1. The number of piperazine rings is 1. The molecule has 9 heteroatoms. The number of nitrogens with one attached hydrogen (secondary N) is 1. The van der Waals surface area contributed by atoms with E-state index in [1.54, 1.807) is 20.8 Å². The van der Waals surface area contributed by atoms with E-state index < -0.39 is 27.3 Å². The fourth-order valence-electron chi connectivity index (χ4n) is 4.76. The Balaban J connectivity index is 2.00. The molecule has 1 atom stereocenters. The number of rotatable bonds is 6. The van der Waals surface area contributed by atoms with E-state index in [1.807, 2.05) is 0 Å². The van der Waals surface area contributed by atoms with Gasteiger partial charge in [0, 0.05) is 18.3 Å². The molecule has 3 rings (SSSR count). The van der Waals surface area contributed by atoms with Gasteiger partial charge in [0.25, 0.3) is 0 Å². The van der Waals surface area contributed by atoms with Crippen LogP contribution >= 0.6 is 0 Å². The van der Waals surface area contributed by atoms with Crippen molar-refractivity contribution in [2.75, 3.05) is 23.7 Å². The van der Waals surface area contributed by atoms with Crippen LogP contribution < -0.4 is 10.2 Å². The molecule has 2 amide bonds. The molecule has 7 nitrogen and oxygen atoms in total. The first-order valence-electron chi connectivity index (χ1n) is 11.5. The summed E-state index contributed by atoms with van der Waals surface area (Å²) in [5.74, 6) is -1.40. The third kappa shape index (κ3) is 5.14. The summed E-state index contributed by atoms with van der Waals surface area (Å²) in [6, 6.07) is 4.04. The van der Waals surface area contributed by atoms with E-state index in [2.05, 4.69) is 5.32 Å². The minimum absolute atomic E-state index is 0.00397. The van der Waals surface area contributed by atoms with Gasteiger partial charge in [-0.25, -0.2) is 12.8 Å². The van der Waals surface area contributed by atoms with E-state index in [9.17, 15) is 22.4 Å². The SMILES string of the molecule is CCCS(=O)(=O)N1CC(=O)N(c2ccc(F)cc2C)[C@@](C)(C(=O)NC2CCCCCC2)C1. The second-order valence-corrected chi connectivity index (χ2v) is 11.3. The molecule has 0 spiro atoms. The number of sulfonamides is 1. The number of anilines is 1. The molecule has 1 aliphatic heterocycles. The summed E-state index contributed by atoms with van der Waals surface area (Å²) in [4.78, 5) is 28.3. The van der Waals surface area contributed by atoms with Crippen LogP contribution in [-0.2, 0) is 19.6 Å². The minimum atomic E-state index is -3.69. The van der Waals surface area contributed by atoms with Gasteiger partial charge in [-0.3, -0.25) is 14.5 Å². The lowest BCUT2D eigenvalue weighted by Crippen LogP contribution is -2.71. The Morgan fingerprint density at radius 3 is 2.47 bits per heavy atom. The van der Waals surface area contributed by atoms with Crippen molar-refractivity contribution in [2.24, 2.45) is 0 Å². The molecule has 1 aromatic carbocycles. The number of carbonyl (C=O) groups is 2. The van der Waals surface area contributed by atoms with E-state index >= 15 is 0 Å². The van der Waals surface area contributed by atoms with Crippen LogP contribution in [0.5, 0.6) is 0 Å². The summed E-state index contributed by atoms with van der Waals surface area (Å²) in [6.45, 7) is 4.56. The summed E-state index contributed by atoms with van der Waals surface area (Å²) in [7, 11) is -3.69. The van der Waals surface area contributed by atoms with Crippen LogP contribution in [0.1, 0.15) is 64.4 Å². The third-order valence-corrected chi connectivity index (χ3v) is 8.44. The fourth-order valence-corrected chi connectivity index (χ4v) is 6.29. The van der Waals surface area contributed by atoms with Gasteiger partial charge in [0.05, 0.1) is 12.3 Å². The zero-order valence-electron chi connectivity index (χ0n) is 19.2. The van der Waals surface area contributed by atoms with Crippen LogP contribution in [0.15, 0.2) is 18.2 Å². The van der Waals surface area contributed by atoms with Gasteiger partial charge in [0.1, 0.15) is 11.4 Å². The Bertz CT molecular complexity index is 960. The molecule has 2 aliphatic rings. The van der Waals surface area contributed by atoms with Crippen molar-refractivity contribution in [3.05, 3.63) is 29.6 Å². The second kappa shape index (κ2) is 9.87. The summed E-state index contributed by atoms with van der Waals surface area (Å²) in [6.07, 6.45) is 6.46. The molecule has 1 N–H and O–H groups in total. The zero-order chi connectivity index (χ0) is 23.5. The van der Waals surface area contributed by atoms with Gasteiger partial charge in [0.15, 0.2) is 0 Å². The molecule has 2 fully saturated rings. The number of benzene rings is 1. The molecule has 178 valence electrons. The van der Waals surface area contributed by atoms with Gasteiger partial charge in [-0.15, -0.1) is 0 Å². The van der Waals surface area contributed by atoms with E-state index in [0.717, 1.165) is 42.8 Å². The molecule has 32 heavy (non-hydrogen) atoms. The summed E-state index contributed by atoms with van der Waals surface area (Å²) >= 11 is 0. The van der Waals surface area contributed by atoms with Crippen molar-refractivity contribution in [3.8, 4) is 0 Å². The number of carbonyl (C=O) groups excluding carboxylic acids is 2. The molecule has 0 aromatic heterocycles. The van der Waals surface area contributed by atoms with E-state index in [0.29, 0.717) is 17.7 Å². The summed E-state index contributed by atoms with van der Waals surface area (Å²) in [5, 5.41) is 3.10. The zero-order valence-corrected chi connectivity index (χ0v) is 20.0. The van der Waals surface area contributed by atoms with Crippen molar-refractivity contribution in [1.29, 1.82) is 0 Å². The highest BCUT2D eigenvalue weighted by molar-refractivity contribution is 7.89. The Morgan fingerprint density at radius 2 is 1.88 bits per heavy atom. The van der Waals surface area contributed by atoms with Gasteiger partial charge >= 0.3 is 0 Å². The highest BCUT2D eigenvalue weighted by Crippen LogP contribution is 2.33. The minimum Gasteiger partial charge on any atom is -0.351 e. The highest BCUT2D eigenvalue weighted by atomic mass is 32.2. The molecule has 1 aromatic rings. The quantitative estimate of drug-likeness (QED) is 0.652. The maximum absolute atomic E-state index is 13.7. The molecule has 1 aliphatic carbocycles. The fraction of sp³-hybridized carbons (Fsp3) is 0.652. The standard InChI is InChI=1S/C23H34FN3O4S/c1-4-13-32(30,31)26-15-21(28)27(20-12-11-18(24)14-17(20)2)23(3,16-26)22(29)25-19-9-7-5-6-8-10-19/h11-12,14,19H,4-10,13,15-16H2,1-3H3,(H,25,29)/t23-/m1/s1. The van der Waals surface area contributed by atoms with Crippen molar-refractivity contribution >= 4 is 27.5 Å². The summed E-state index contributed by atoms with van der Waals surface area (Å²) in [5.41, 5.74) is -0.524. The van der Waals surface area contributed by atoms with Crippen LogP contribution in [0.25, 0.3) is 0 Å². The molecule has 1 heterocycles. The molecular formula is C23H34FN3O4S. The topological polar surface area (TPSA) is 86.8 Å². The predicted octanol–water partition coefficient (Wildman–Crippen LogP) is 3.12. The third-order valence-electron chi connectivity index (χ3n) is 6.47. The van der Waals surface area contributed by atoms with Crippen LogP contribution in [0, 0.1) is 12.7 Å². The van der Waals surface area contributed by atoms with Gasteiger partial charge in [-0.2, -0.15) is 4.31 Å². The first-order chi connectivity index (χ1) is 15.1. The van der Waals surface area contributed by atoms with Crippen LogP contribution in [0.4, 0.5) is 10.1 Å². The summed E-state index contributed by atoms with van der Waals surface area (Å²) < 4.78 is 40.5. The number of hydrogen-bond donors (Lipinski definition) is 1. The van der Waals surface area contributed by atoms with Crippen molar-refractivity contribution < 1.29 is 22.4 Å². The van der Waals surface area contributed by atoms with Gasteiger partial charge in [-0.1, -0.05) is 32.6 Å². The first-order valence-corrected chi connectivity index (χ1v) is 13.1. The molecule has 0 unspecified atom stereocenters. The molecular weight excluding hydrogens is 433 g/mol. The van der Waals surface area contributed by atoms with E-state index in [-0.39, 0.29) is 30.8 Å².